The fraction of sp³-hybridized carbons (Fsp3) is 1.00. The predicted octanol–water partition coefficient (Wildman–Crippen LogP) is -2.19. The third-order valence-electron chi connectivity index (χ3n) is 7.36. The van der Waals surface area contributed by atoms with E-state index in [1.807, 2.05) is 9.80 Å². The van der Waals surface area contributed by atoms with Crippen LogP contribution >= 0.6 is 0 Å². The van der Waals surface area contributed by atoms with Crippen LogP contribution in [0.3, 0.4) is 0 Å². The van der Waals surface area contributed by atoms with Gasteiger partial charge in [0, 0.05) is 25.7 Å². The van der Waals surface area contributed by atoms with E-state index in [0.29, 0.717) is 0 Å². The Bertz CT molecular complexity index is 285. The summed E-state index contributed by atoms with van der Waals surface area (Å²) in [6, 6.07) is 2.12. The summed E-state index contributed by atoms with van der Waals surface area (Å²) < 4.78 is 0. The highest BCUT2D eigenvalue weighted by molar-refractivity contribution is 4.66. The van der Waals surface area contributed by atoms with Crippen molar-refractivity contribution in [3.8, 4) is 0 Å². The zero-order valence-electron chi connectivity index (χ0n) is 19.1. The Kier molecular flexibility index (Phi) is 19.2. The quantitative estimate of drug-likeness (QED) is 0.414. The summed E-state index contributed by atoms with van der Waals surface area (Å²) in [4.78, 5) is 3.87. The van der Waals surface area contributed by atoms with Crippen LogP contribution in [0.2, 0.25) is 0 Å². The first-order chi connectivity index (χ1) is 12.8. The van der Waals surface area contributed by atoms with E-state index in [1.54, 1.807) is 0 Å². The minimum atomic E-state index is 0. The lowest BCUT2D eigenvalue weighted by atomic mass is 9.94. The molecule has 0 spiro atoms. The standard InChI is InChI=1S/2C10H19N.C4H10.2BrH/c2*1-2-6-10(7-3-1)11-8-4-5-9-11;1-3-4-2;;/h2*10H,1-9H2;3-4H2,1-2H3;2*1H. The third-order valence-corrected chi connectivity index (χ3v) is 7.36. The van der Waals surface area contributed by atoms with E-state index < -0.39 is 0 Å². The molecule has 0 bridgehead atoms. The smallest absolute Gasteiger partial charge is 0.0874 e. The summed E-state index contributed by atoms with van der Waals surface area (Å²) in [5.74, 6) is 0. The third kappa shape index (κ3) is 11.3. The first-order valence-corrected chi connectivity index (χ1v) is 12.5. The number of hydrogen-bond acceptors (Lipinski definition) is 0. The van der Waals surface area contributed by atoms with Crippen molar-refractivity contribution in [3.05, 3.63) is 0 Å². The molecule has 4 heteroatoms. The van der Waals surface area contributed by atoms with Crippen LogP contribution in [0.4, 0.5) is 0 Å². The molecular formula is C24H50Br2N2. The molecule has 2 aliphatic carbocycles. The highest BCUT2D eigenvalue weighted by atomic mass is 79.9. The van der Waals surface area contributed by atoms with Crippen molar-refractivity contribution >= 4 is 0 Å². The van der Waals surface area contributed by atoms with Gasteiger partial charge in [-0.1, -0.05) is 39.5 Å². The van der Waals surface area contributed by atoms with Crippen LogP contribution in [0, 0.1) is 0 Å². The van der Waals surface area contributed by atoms with Crippen molar-refractivity contribution in [2.24, 2.45) is 0 Å². The molecule has 0 aromatic rings. The van der Waals surface area contributed by atoms with Crippen LogP contribution in [0.1, 0.15) is 117 Å². The summed E-state index contributed by atoms with van der Waals surface area (Å²) in [7, 11) is 0. The van der Waals surface area contributed by atoms with Gasteiger partial charge in [0.15, 0.2) is 0 Å². The van der Waals surface area contributed by atoms with Gasteiger partial charge >= 0.3 is 0 Å². The summed E-state index contributed by atoms with van der Waals surface area (Å²) in [6.07, 6.45) is 23.7. The Morgan fingerprint density at radius 3 is 1.00 bits per heavy atom. The molecule has 0 aromatic carbocycles. The summed E-state index contributed by atoms with van der Waals surface area (Å²) in [5.41, 5.74) is 0. The normalized spacial score (nSPS) is 24.2. The van der Waals surface area contributed by atoms with Crippen molar-refractivity contribution in [1.82, 2.24) is 0 Å². The van der Waals surface area contributed by atoms with Crippen LogP contribution in [-0.2, 0) is 0 Å². The molecular weight excluding hydrogens is 476 g/mol. The van der Waals surface area contributed by atoms with Crippen molar-refractivity contribution in [2.75, 3.05) is 26.2 Å². The number of unbranched alkanes of at least 4 members (excludes halogenated alkanes) is 1. The second-order valence-electron chi connectivity index (χ2n) is 9.40. The van der Waals surface area contributed by atoms with Gasteiger partial charge in [-0.05, 0) is 51.4 Å². The number of likely N-dealkylation sites (tertiary alicyclic amines) is 2. The van der Waals surface area contributed by atoms with Gasteiger partial charge in [0.25, 0.3) is 0 Å². The molecule has 2 saturated heterocycles. The Hall–Kier alpha value is 0.880. The molecule has 2 N–H and O–H groups in total. The van der Waals surface area contributed by atoms with E-state index in [4.69, 9.17) is 0 Å². The zero-order chi connectivity index (χ0) is 18.5. The molecule has 0 unspecified atom stereocenters. The van der Waals surface area contributed by atoms with Crippen molar-refractivity contribution in [1.29, 1.82) is 0 Å². The highest BCUT2D eigenvalue weighted by Crippen LogP contribution is 2.16. The first kappa shape index (κ1) is 28.9. The van der Waals surface area contributed by atoms with Gasteiger partial charge in [-0.15, -0.1) is 0 Å². The maximum Gasteiger partial charge on any atom is 0.0874 e. The second-order valence-corrected chi connectivity index (χ2v) is 9.40. The summed E-state index contributed by atoms with van der Waals surface area (Å²) in [5, 5.41) is 0. The number of rotatable bonds is 3. The second kappa shape index (κ2) is 18.6. The topological polar surface area (TPSA) is 8.88 Å². The van der Waals surface area contributed by atoms with Crippen molar-refractivity contribution in [2.45, 2.75) is 129 Å². The summed E-state index contributed by atoms with van der Waals surface area (Å²) in [6.45, 7) is 10.3. The number of quaternary nitrogens is 2. The van der Waals surface area contributed by atoms with Crippen molar-refractivity contribution in [3.63, 3.8) is 0 Å². The van der Waals surface area contributed by atoms with Crippen LogP contribution < -0.4 is 43.8 Å². The van der Waals surface area contributed by atoms with Gasteiger partial charge in [0.05, 0.1) is 38.3 Å². The van der Waals surface area contributed by atoms with E-state index in [2.05, 4.69) is 13.8 Å². The minimum Gasteiger partial charge on any atom is -1.00 e. The zero-order valence-corrected chi connectivity index (χ0v) is 22.2. The molecule has 2 nitrogen and oxygen atoms in total. The number of hydrogen-bond donors (Lipinski definition) is 2. The van der Waals surface area contributed by atoms with E-state index in [9.17, 15) is 0 Å². The van der Waals surface area contributed by atoms with E-state index >= 15 is 0 Å². The van der Waals surface area contributed by atoms with Crippen LogP contribution in [0.5, 0.6) is 0 Å². The largest absolute Gasteiger partial charge is 1.00 e. The highest BCUT2D eigenvalue weighted by Gasteiger charge is 2.27. The molecule has 28 heavy (non-hydrogen) atoms. The van der Waals surface area contributed by atoms with E-state index in [1.165, 1.54) is 129 Å². The average Bonchev–Trinajstić information content (AvgIpc) is 3.44. The van der Waals surface area contributed by atoms with Gasteiger partial charge < -0.3 is 43.8 Å². The van der Waals surface area contributed by atoms with Gasteiger partial charge in [0.1, 0.15) is 0 Å². The van der Waals surface area contributed by atoms with Crippen LogP contribution in [0.25, 0.3) is 0 Å². The predicted molar refractivity (Wildman–Crippen MR) is 114 cm³/mol. The Labute approximate surface area is 198 Å². The molecule has 0 amide bonds. The number of nitrogens with one attached hydrogen (secondary N) is 2. The minimum absolute atomic E-state index is 0. The Morgan fingerprint density at radius 2 is 0.750 bits per heavy atom. The van der Waals surface area contributed by atoms with Crippen molar-refractivity contribution < 1.29 is 43.8 Å². The lowest BCUT2D eigenvalue weighted by molar-refractivity contribution is -0.915. The Balaban J connectivity index is 0.000000415. The van der Waals surface area contributed by atoms with Gasteiger partial charge in [-0.2, -0.15) is 0 Å². The maximum atomic E-state index is 2.18. The molecule has 0 radical (unpaired) electrons. The first-order valence-electron chi connectivity index (χ1n) is 12.5. The molecule has 0 aromatic heterocycles. The van der Waals surface area contributed by atoms with Gasteiger partial charge in [-0.3, -0.25) is 0 Å². The van der Waals surface area contributed by atoms with E-state index in [0.717, 1.165) is 12.1 Å². The molecule has 4 fully saturated rings. The molecule has 2 aliphatic heterocycles. The fourth-order valence-corrected chi connectivity index (χ4v) is 5.50. The molecule has 0 atom stereocenters. The van der Waals surface area contributed by atoms with Gasteiger partial charge in [0.2, 0.25) is 0 Å². The molecule has 170 valence electrons. The monoisotopic (exact) mass is 524 g/mol. The summed E-state index contributed by atoms with van der Waals surface area (Å²) >= 11 is 0. The molecule has 4 rings (SSSR count). The SMILES string of the molecule is C1CCC([NH+]2CCCC2)CC1.C1CCC([NH+]2CCCC2)CC1.CCCC.[Br-].[Br-]. The fourth-order valence-electron chi connectivity index (χ4n) is 5.50. The molecule has 2 saturated carbocycles. The molecule has 2 heterocycles. The van der Waals surface area contributed by atoms with E-state index in [-0.39, 0.29) is 34.0 Å². The number of halogens is 2. The van der Waals surface area contributed by atoms with Gasteiger partial charge in [-0.25, -0.2) is 0 Å². The van der Waals surface area contributed by atoms with Crippen LogP contribution in [-0.4, -0.2) is 38.3 Å². The lowest BCUT2D eigenvalue weighted by Gasteiger charge is -2.27. The van der Waals surface area contributed by atoms with Crippen LogP contribution in [0.15, 0.2) is 0 Å². The average molecular weight is 526 g/mol. The Morgan fingerprint density at radius 1 is 0.464 bits per heavy atom. The lowest BCUT2D eigenvalue weighted by Crippen LogP contribution is -3.14. The maximum absolute atomic E-state index is 2.18. The molecule has 4 aliphatic rings.